The van der Waals surface area contributed by atoms with Gasteiger partial charge in [0.25, 0.3) is 10.0 Å². The van der Waals surface area contributed by atoms with Gasteiger partial charge in [-0.25, -0.2) is 4.73 Å². The molecule has 2 aliphatic rings. The van der Waals surface area contributed by atoms with Crippen molar-refractivity contribution in [1.82, 2.24) is 4.73 Å². The van der Waals surface area contributed by atoms with E-state index in [1.807, 2.05) is 0 Å². The van der Waals surface area contributed by atoms with Gasteiger partial charge in [0.2, 0.25) is 0 Å². The summed E-state index contributed by atoms with van der Waals surface area (Å²) < 4.78 is 29.3. The molecule has 112 valence electrons. The highest BCUT2D eigenvalue weighted by Crippen LogP contribution is 2.19. The summed E-state index contributed by atoms with van der Waals surface area (Å²) in [7, 11) is -3.80. The predicted molar refractivity (Wildman–Crippen MR) is 82.4 cm³/mol. The SMILES string of the molecule is O=S(=O)(/N=c1\ccc2cn(O)ccc-2c1)c1ccc(Cl)cc1. The summed E-state index contributed by atoms with van der Waals surface area (Å²) in [6.45, 7) is 0. The lowest BCUT2D eigenvalue weighted by Gasteiger charge is -2.06. The number of fused-ring (bicyclic) bond motifs is 1. The Morgan fingerprint density at radius 1 is 1.00 bits per heavy atom. The molecule has 7 heteroatoms. The molecule has 1 aliphatic heterocycles. The van der Waals surface area contributed by atoms with E-state index in [9.17, 15) is 13.6 Å². The van der Waals surface area contributed by atoms with Gasteiger partial charge >= 0.3 is 0 Å². The average molecular weight is 335 g/mol. The van der Waals surface area contributed by atoms with E-state index < -0.39 is 10.0 Å². The molecule has 1 heterocycles. The minimum atomic E-state index is -3.80. The number of benzene rings is 2. The van der Waals surface area contributed by atoms with Gasteiger partial charge in [-0.3, -0.25) is 0 Å². The molecule has 0 saturated carbocycles. The third-order valence-corrected chi connectivity index (χ3v) is 4.66. The zero-order chi connectivity index (χ0) is 15.7. The number of halogens is 1. The Hall–Kier alpha value is -2.31. The molecule has 0 atom stereocenters. The van der Waals surface area contributed by atoms with Crippen LogP contribution in [-0.4, -0.2) is 18.4 Å². The number of pyridine rings is 1. The lowest BCUT2D eigenvalue weighted by Crippen LogP contribution is -2.08. The van der Waals surface area contributed by atoms with Crippen LogP contribution in [0.25, 0.3) is 11.1 Å². The summed E-state index contributed by atoms with van der Waals surface area (Å²) in [4.78, 5) is 0.0817. The molecule has 0 radical (unpaired) electrons. The maximum absolute atomic E-state index is 12.2. The Bertz CT molecular complexity index is 963. The predicted octanol–water partition coefficient (Wildman–Crippen LogP) is 2.77. The van der Waals surface area contributed by atoms with Gasteiger partial charge in [-0.2, -0.15) is 12.8 Å². The van der Waals surface area contributed by atoms with Gasteiger partial charge in [0.1, 0.15) is 0 Å². The molecule has 1 aliphatic carbocycles. The zero-order valence-electron chi connectivity index (χ0n) is 11.2. The van der Waals surface area contributed by atoms with E-state index in [1.165, 1.54) is 36.7 Å². The number of hydrogen-bond donors (Lipinski definition) is 1. The van der Waals surface area contributed by atoms with Gasteiger partial charge < -0.3 is 5.21 Å². The molecule has 0 amide bonds. The van der Waals surface area contributed by atoms with Gasteiger partial charge in [0.05, 0.1) is 16.4 Å². The zero-order valence-corrected chi connectivity index (χ0v) is 12.8. The Balaban J connectivity index is 2.10. The molecule has 0 fully saturated rings. The highest BCUT2D eigenvalue weighted by molar-refractivity contribution is 7.90. The van der Waals surface area contributed by atoms with Gasteiger partial charge in [-0.1, -0.05) is 17.7 Å². The molecule has 0 bridgehead atoms. The van der Waals surface area contributed by atoms with Gasteiger partial charge in [-0.05, 0) is 48.0 Å². The smallest absolute Gasteiger partial charge is 0.282 e. The van der Waals surface area contributed by atoms with Crippen molar-refractivity contribution in [3.8, 4) is 11.1 Å². The van der Waals surface area contributed by atoms with Crippen LogP contribution in [0.2, 0.25) is 5.02 Å². The van der Waals surface area contributed by atoms with Crippen LogP contribution in [0, 0.1) is 0 Å². The maximum Gasteiger partial charge on any atom is 0.282 e. The fraction of sp³-hybridized carbons (Fsp3) is 0. The van der Waals surface area contributed by atoms with Crippen LogP contribution in [0.4, 0.5) is 0 Å². The second-order valence-electron chi connectivity index (χ2n) is 4.66. The van der Waals surface area contributed by atoms with Crippen molar-refractivity contribution in [2.45, 2.75) is 4.90 Å². The van der Waals surface area contributed by atoms with Crippen LogP contribution in [-0.2, 0) is 10.0 Å². The molecule has 0 aromatic heterocycles. The third kappa shape index (κ3) is 2.98. The highest BCUT2D eigenvalue weighted by Gasteiger charge is 2.12. The first-order valence-corrected chi connectivity index (χ1v) is 8.14. The maximum atomic E-state index is 12.2. The topological polar surface area (TPSA) is 71.7 Å². The van der Waals surface area contributed by atoms with Crippen LogP contribution >= 0.6 is 11.6 Å². The minimum absolute atomic E-state index is 0.0817. The Morgan fingerprint density at radius 2 is 1.73 bits per heavy atom. The van der Waals surface area contributed by atoms with Crippen molar-refractivity contribution < 1.29 is 13.6 Å². The molecular weight excluding hydrogens is 324 g/mol. The Labute approximate surface area is 132 Å². The van der Waals surface area contributed by atoms with Crippen molar-refractivity contribution in [3.05, 3.63) is 71.3 Å². The molecule has 1 N–H and O–H groups in total. The molecular formula is C15H11ClN2O3S. The fourth-order valence-corrected chi connectivity index (χ4v) is 3.12. The van der Waals surface area contributed by atoms with E-state index in [0.717, 1.165) is 15.9 Å². The minimum Gasteiger partial charge on any atom is -0.429 e. The number of nitrogens with zero attached hydrogens (tertiary/aromatic N) is 2. The van der Waals surface area contributed by atoms with E-state index in [2.05, 4.69) is 4.40 Å². The van der Waals surface area contributed by atoms with E-state index in [4.69, 9.17) is 11.6 Å². The summed E-state index contributed by atoms with van der Waals surface area (Å²) in [6, 6.07) is 12.4. The first-order valence-electron chi connectivity index (χ1n) is 6.32. The molecule has 22 heavy (non-hydrogen) atoms. The molecule has 5 nitrogen and oxygen atoms in total. The molecule has 3 rings (SSSR count). The number of rotatable bonds is 2. The monoisotopic (exact) mass is 334 g/mol. The van der Waals surface area contributed by atoms with E-state index in [0.29, 0.717) is 10.4 Å². The highest BCUT2D eigenvalue weighted by atomic mass is 35.5. The second-order valence-corrected chi connectivity index (χ2v) is 6.70. The lowest BCUT2D eigenvalue weighted by molar-refractivity contribution is 0.185. The van der Waals surface area contributed by atoms with Crippen LogP contribution in [0.15, 0.2) is 70.2 Å². The van der Waals surface area contributed by atoms with Gasteiger partial charge in [-0.15, -0.1) is 0 Å². The second kappa shape index (κ2) is 5.47. The van der Waals surface area contributed by atoms with Crippen LogP contribution < -0.4 is 5.36 Å². The molecule has 0 saturated heterocycles. The summed E-state index contributed by atoms with van der Waals surface area (Å²) in [5.74, 6) is 0. The number of aromatic nitrogens is 1. The Morgan fingerprint density at radius 3 is 2.45 bits per heavy atom. The Kier molecular flexibility index (Phi) is 3.64. The summed E-state index contributed by atoms with van der Waals surface area (Å²) >= 11 is 5.75. The average Bonchev–Trinajstić information content (AvgIpc) is 2.47. The van der Waals surface area contributed by atoms with Crippen LogP contribution in [0.5, 0.6) is 0 Å². The first-order chi connectivity index (χ1) is 10.4. The van der Waals surface area contributed by atoms with E-state index in [-0.39, 0.29) is 4.90 Å². The fourth-order valence-electron chi connectivity index (χ4n) is 2.02. The lowest BCUT2D eigenvalue weighted by atomic mass is 10.1. The molecule has 1 aromatic carbocycles. The normalized spacial score (nSPS) is 12.7. The van der Waals surface area contributed by atoms with Crippen molar-refractivity contribution in [2.75, 3.05) is 0 Å². The van der Waals surface area contributed by atoms with Crippen LogP contribution in [0.1, 0.15) is 0 Å². The quantitative estimate of drug-likeness (QED) is 0.732. The standard InChI is InChI=1S/C15H11ClN2O3S/c16-13-2-5-15(6-3-13)22(20,21)17-14-4-1-12-10-18(19)8-7-11(12)9-14/h1-10,19H/b17-14+. The van der Waals surface area contributed by atoms with E-state index in [1.54, 1.807) is 24.3 Å². The molecule has 1 aromatic rings. The summed E-state index contributed by atoms with van der Waals surface area (Å²) in [6.07, 6.45) is 2.98. The van der Waals surface area contributed by atoms with Gasteiger partial charge in [0, 0.05) is 16.8 Å². The van der Waals surface area contributed by atoms with Crippen LogP contribution in [0.3, 0.4) is 0 Å². The van der Waals surface area contributed by atoms with E-state index >= 15 is 0 Å². The van der Waals surface area contributed by atoms with Crippen molar-refractivity contribution in [3.63, 3.8) is 0 Å². The van der Waals surface area contributed by atoms with Gasteiger partial charge in [0.15, 0.2) is 0 Å². The molecule has 0 spiro atoms. The van der Waals surface area contributed by atoms with Crippen molar-refractivity contribution >= 4 is 21.6 Å². The third-order valence-electron chi connectivity index (χ3n) is 3.09. The number of sulfonamides is 1. The summed E-state index contributed by atoms with van der Waals surface area (Å²) in [5, 5.41) is 10.1. The largest absolute Gasteiger partial charge is 0.429 e. The molecule has 0 unspecified atom stereocenters. The number of hydrogen-bond acceptors (Lipinski definition) is 3. The van der Waals surface area contributed by atoms with Crippen molar-refractivity contribution in [1.29, 1.82) is 0 Å². The van der Waals surface area contributed by atoms with Crippen molar-refractivity contribution in [2.24, 2.45) is 4.40 Å². The first kappa shape index (κ1) is 14.6. The summed E-state index contributed by atoms with van der Waals surface area (Å²) in [5.41, 5.74) is 1.55.